The van der Waals surface area contributed by atoms with Gasteiger partial charge in [-0.3, -0.25) is 4.98 Å². The van der Waals surface area contributed by atoms with Crippen LogP contribution in [-0.2, 0) is 5.75 Å². The summed E-state index contributed by atoms with van der Waals surface area (Å²) in [7, 11) is 0. The SMILES string of the molecule is CCCCCCCSC(=Nc1cccnc1)SCc1ccc(C(C)C)cc1. The van der Waals surface area contributed by atoms with Crippen LogP contribution in [0.1, 0.15) is 69.9 Å². The van der Waals surface area contributed by atoms with Crippen LogP contribution in [0.4, 0.5) is 5.69 Å². The molecule has 0 saturated heterocycles. The second-order valence-electron chi connectivity index (χ2n) is 7.04. The van der Waals surface area contributed by atoms with Gasteiger partial charge in [-0.15, -0.1) is 0 Å². The number of rotatable bonds is 10. The molecule has 27 heavy (non-hydrogen) atoms. The molecule has 0 bridgehead atoms. The molecule has 0 N–H and O–H groups in total. The van der Waals surface area contributed by atoms with Gasteiger partial charge in [0, 0.05) is 17.7 Å². The zero-order valence-electron chi connectivity index (χ0n) is 16.9. The number of aliphatic imine (C=N–C) groups is 1. The Morgan fingerprint density at radius 1 is 1.00 bits per heavy atom. The summed E-state index contributed by atoms with van der Waals surface area (Å²) in [6.45, 7) is 6.73. The second kappa shape index (κ2) is 13.0. The summed E-state index contributed by atoms with van der Waals surface area (Å²) in [5.74, 6) is 2.68. The van der Waals surface area contributed by atoms with Crippen LogP contribution < -0.4 is 0 Å². The molecule has 0 amide bonds. The lowest BCUT2D eigenvalue weighted by Crippen LogP contribution is -1.93. The Kier molecular flexibility index (Phi) is 10.6. The molecule has 0 fully saturated rings. The molecule has 1 aromatic heterocycles. The standard InChI is InChI=1S/C23H32N2S2/c1-4-5-6-7-8-16-26-23(25-22-10-9-15-24-17-22)27-18-20-11-13-21(14-12-20)19(2)3/h9-15,17,19H,4-8,16,18H2,1-3H3. The first kappa shape index (κ1) is 22.0. The summed E-state index contributed by atoms with van der Waals surface area (Å²) in [5, 5.41) is 0. The summed E-state index contributed by atoms with van der Waals surface area (Å²) >= 11 is 3.72. The predicted octanol–water partition coefficient (Wildman–Crippen LogP) is 7.83. The van der Waals surface area contributed by atoms with E-state index in [1.54, 1.807) is 6.20 Å². The Morgan fingerprint density at radius 2 is 1.78 bits per heavy atom. The van der Waals surface area contributed by atoms with Crippen LogP contribution >= 0.6 is 23.5 Å². The third-order valence-electron chi connectivity index (χ3n) is 4.35. The van der Waals surface area contributed by atoms with Crippen molar-refractivity contribution in [1.82, 2.24) is 4.98 Å². The topological polar surface area (TPSA) is 25.2 Å². The molecule has 2 nitrogen and oxygen atoms in total. The maximum Gasteiger partial charge on any atom is 0.130 e. The Morgan fingerprint density at radius 3 is 2.44 bits per heavy atom. The van der Waals surface area contributed by atoms with Gasteiger partial charge >= 0.3 is 0 Å². The molecule has 0 radical (unpaired) electrons. The van der Waals surface area contributed by atoms with Crippen molar-refractivity contribution in [3.63, 3.8) is 0 Å². The first-order chi connectivity index (χ1) is 13.2. The Labute approximate surface area is 173 Å². The van der Waals surface area contributed by atoms with E-state index in [0.29, 0.717) is 5.92 Å². The first-order valence-electron chi connectivity index (χ1n) is 10.0. The van der Waals surface area contributed by atoms with Gasteiger partial charge in [-0.05, 0) is 35.6 Å². The van der Waals surface area contributed by atoms with Gasteiger partial charge in [0.05, 0.1) is 11.9 Å². The summed E-state index contributed by atoms with van der Waals surface area (Å²) in [6.07, 6.45) is 10.2. The summed E-state index contributed by atoms with van der Waals surface area (Å²) in [6, 6.07) is 13.0. The van der Waals surface area contributed by atoms with Crippen LogP contribution in [0, 0.1) is 0 Å². The Hall–Kier alpha value is -1.26. The molecular formula is C23H32N2S2. The number of benzene rings is 1. The van der Waals surface area contributed by atoms with Gasteiger partial charge < -0.3 is 0 Å². The normalized spacial score (nSPS) is 11.9. The number of aromatic nitrogens is 1. The van der Waals surface area contributed by atoms with E-state index in [4.69, 9.17) is 4.99 Å². The highest BCUT2D eigenvalue weighted by Crippen LogP contribution is 2.27. The number of thioether (sulfide) groups is 2. The lowest BCUT2D eigenvalue weighted by Gasteiger charge is -2.09. The third-order valence-corrected chi connectivity index (χ3v) is 6.70. The van der Waals surface area contributed by atoms with Gasteiger partial charge in [0.25, 0.3) is 0 Å². The van der Waals surface area contributed by atoms with Crippen molar-refractivity contribution in [3.8, 4) is 0 Å². The van der Waals surface area contributed by atoms with Crippen molar-refractivity contribution in [3.05, 3.63) is 59.9 Å². The van der Waals surface area contributed by atoms with Crippen LogP contribution in [0.5, 0.6) is 0 Å². The summed E-state index contributed by atoms with van der Waals surface area (Å²) < 4.78 is 1.14. The Bertz CT molecular complexity index is 667. The average molecular weight is 401 g/mol. The molecule has 0 aliphatic heterocycles. The van der Waals surface area contributed by atoms with Crippen LogP contribution in [0.2, 0.25) is 0 Å². The molecule has 0 saturated carbocycles. The van der Waals surface area contributed by atoms with Crippen LogP contribution in [-0.4, -0.2) is 15.1 Å². The van der Waals surface area contributed by atoms with E-state index in [2.05, 4.69) is 50.0 Å². The fraction of sp³-hybridized carbons (Fsp3) is 0.478. The predicted molar refractivity (Wildman–Crippen MR) is 124 cm³/mol. The lowest BCUT2D eigenvalue weighted by atomic mass is 10.0. The molecule has 1 aromatic carbocycles. The molecule has 1 heterocycles. The van der Waals surface area contributed by atoms with E-state index >= 15 is 0 Å². The average Bonchev–Trinajstić information content (AvgIpc) is 2.69. The molecule has 0 aliphatic rings. The molecule has 0 atom stereocenters. The molecule has 0 aliphatic carbocycles. The van der Waals surface area contributed by atoms with Crippen LogP contribution in [0.3, 0.4) is 0 Å². The number of unbranched alkanes of at least 4 members (excludes halogenated alkanes) is 4. The maximum absolute atomic E-state index is 4.83. The molecular weight excluding hydrogens is 368 g/mol. The van der Waals surface area contributed by atoms with E-state index in [9.17, 15) is 0 Å². The number of pyridine rings is 1. The summed E-state index contributed by atoms with van der Waals surface area (Å²) in [4.78, 5) is 9.02. The zero-order chi connectivity index (χ0) is 19.3. The van der Waals surface area contributed by atoms with Crippen LogP contribution in [0.25, 0.3) is 0 Å². The highest BCUT2D eigenvalue weighted by molar-refractivity contribution is 8.38. The van der Waals surface area contributed by atoms with E-state index in [0.717, 1.165) is 21.6 Å². The molecule has 0 spiro atoms. The maximum atomic E-state index is 4.83. The highest BCUT2D eigenvalue weighted by atomic mass is 32.2. The van der Waals surface area contributed by atoms with E-state index in [-0.39, 0.29) is 0 Å². The van der Waals surface area contributed by atoms with Crippen molar-refractivity contribution >= 4 is 33.6 Å². The Balaban J connectivity index is 1.92. The van der Waals surface area contributed by atoms with Gasteiger partial charge in [-0.2, -0.15) is 0 Å². The number of nitrogens with zero attached hydrogens (tertiary/aromatic N) is 2. The van der Waals surface area contributed by atoms with Crippen molar-refractivity contribution in [2.75, 3.05) is 5.75 Å². The first-order valence-corrected chi connectivity index (χ1v) is 12.0. The molecule has 2 aromatic rings. The summed E-state index contributed by atoms with van der Waals surface area (Å²) in [5.41, 5.74) is 3.69. The lowest BCUT2D eigenvalue weighted by molar-refractivity contribution is 0.660. The van der Waals surface area contributed by atoms with Crippen molar-refractivity contribution in [2.45, 2.75) is 64.5 Å². The molecule has 0 unspecified atom stereocenters. The minimum Gasteiger partial charge on any atom is -0.262 e. The van der Waals surface area contributed by atoms with Crippen molar-refractivity contribution in [1.29, 1.82) is 0 Å². The van der Waals surface area contributed by atoms with E-state index < -0.39 is 0 Å². The van der Waals surface area contributed by atoms with Crippen molar-refractivity contribution in [2.24, 2.45) is 4.99 Å². The van der Waals surface area contributed by atoms with Gasteiger partial charge in [-0.1, -0.05) is 94.2 Å². The molecule has 146 valence electrons. The fourth-order valence-electron chi connectivity index (χ4n) is 2.64. The van der Waals surface area contributed by atoms with E-state index in [1.807, 2.05) is 41.9 Å². The number of hydrogen-bond donors (Lipinski definition) is 0. The van der Waals surface area contributed by atoms with Gasteiger partial charge in [0.1, 0.15) is 4.38 Å². The zero-order valence-corrected chi connectivity index (χ0v) is 18.5. The minimum absolute atomic E-state index is 0.581. The second-order valence-corrected chi connectivity index (χ2v) is 9.34. The third kappa shape index (κ3) is 8.98. The van der Waals surface area contributed by atoms with Crippen LogP contribution in [0.15, 0.2) is 53.8 Å². The highest BCUT2D eigenvalue weighted by Gasteiger charge is 2.05. The van der Waals surface area contributed by atoms with E-state index in [1.165, 1.54) is 43.2 Å². The quantitative estimate of drug-likeness (QED) is 0.231. The van der Waals surface area contributed by atoms with Crippen molar-refractivity contribution < 1.29 is 0 Å². The van der Waals surface area contributed by atoms with Gasteiger partial charge in [0.2, 0.25) is 0 Å². The minimum atomic E-state index is 0.581. The van der Waals surface area contributed by atoms with Gasteiger partial charge in [-0.25, -0.2) is 4.99 Å². The fourth-order valence-corrected chi connectivity index (χ4v) is 4.75. The molecule has 4 heteroatoms. The number of hydrogen-bond acceptors (Lipinski definition) is 4. The molecule has 2 rings (SSSR count). The largest absolute Gasteiger partial charge is 0.262 e. The monoisotopic (exact) mass is 400 g/mol. The smallest absolute Gasteiger partial charge is 0.130 e. The van der Waals surface area contributed by atoms with Gasteiger partial charge in [0.15, 0.2) is 0 Å².